The number of benzene rings is 7. The normalized spacial score (nSPS) is 24.6. The smallest absolute Gasteiger partial charge is 0.338 e. The summed E-state index contributed by atoms with van der Waals surface area (Å²) in [6.07, 6.45) is -12.2. The Morgan fingerprint density at radius 1 is 0.345 bits per heavy atom. The highest BCUT2D eigenvalue weighted by atomic mass is 16.8. The van der Waals surface area contributed by atoms with Crippen LogP contribution in [0.2, 0.25) is 0 Å². The number of carbonyl (C=O) groups is 2. The Morgan fingerprint density at radius 3 is 1.12 bits per heavy atom. The van der Waals surface area contributed by atoms with Crippen LogP contribution in [0.3, 0.4) is 0 Å². The van der Waals surface area contributed by atoms with Gasteiger partial charge in [0, 0.05) is 7.11 Å². The summed E-state index contributed by atoms with van der Waals surface area (Å²) in [5.41, 5.74) is 5.08. The van der Waals surface area contributed by atoms with E-state index in [1.807, 2.05) is 152 Å². The Bertz CT molecular complexity index is 3050. The molecule has 0 N–H and O–H groups in total. The molecule has 3 aliphatic rings. The summed E-state index contributed by atoms with van der Waals surface area (Å²) in [7, 11) is 4.73. The van der Waals surface area contributed by atoms with Crippen molar-refractivity contribution in [1.82, 2.24) is 0 Å². The lowest BCUT2D eigenvalue weighted by molar-refractivity contribution is -0.231. The van der Waals surface area contributed by atoms with E-state index in [1.54, 1.807) is 62.8 Å². The van der Waals surface area contributed by atoms with Crippen LogP contribution in [0.25, 0.3) is 0 Å². The van der Waals surface area contributed by atoms with Gasteiger partial charge in [0.15, 0.2) is 31.1 Å². The van der Waals surface area contributed by atoms with E-state index in [9.17, 15) is 9.59 Å². The van der Waals surface area contributed by atoms with Gasteiger partial charge >= 0.3 is 11.9 Å². The van der Waals surface area contributed by atoms with Crippen molar-refractivity contribution in [3.8, 4) is 11.5 Å². The van der Waals surface area contributed by atoms with Gasteiger partial charge in [0.2, 0.25) is 0 Å². The first-order valence-corrected chi connectivity index (χ1v) is 28.0. The lowest BCUT2D eigenvalue weighted by atomic mass is 10.1. The molecule has 12 atom stereocenters. The number of hydrogen-bond acceptors (Lipinski definition) is 17. The van der Waals surface area contributed by atoms with Crippen LogP contribution in [-0.2, 0) is 94.6 Å². The maximum absolute atomic E-state index is 14.2. The van der Waals surface area contributed by atoms with Gasteiger partial charge in [0.05, 0.1) is 78.2 Å². The summed E-state index contributed by atoms with van der Waals surface area (Å²) < 4.78 is 96.5. The highest BCUT2D eigenvalue weighted by Crippen LogP contribution is 2.37. The molecular weight excluding hydrogens is 1080 g/mol. The molecule has 3 heterocycles. The van der Waals surface area contributed by atoms with Crippen LogP contribution in [0.15, 0.2) is 200 Å². The number of rotatable bonds is 29. The van der Waals surface area contributed by atoms with Crippen molar-refractivity contribution in [2.75, 3.05) is 41.2 Å². The molecule has 0 spiro atoms. The zero-order chi connectivity index (χ0) is 57.9. The van der Waals surface area contributed by atoms with Gasteiger partial charge < -0.3 is 71.1 Å². The largest absolute Gasteiger partial charge is 0.497 e. The van der Waals surface area contributed by atoms with Gasteiger partial charge in [-0.1, -0.05) is 152 Å². The van der Waals surface area contributed by atoms with E-state index in [-0.39, 0.29) is 52.9 Å². The second kappa shape index (κ2) is 30.4. The highest BCUT2D eigenvalue weighted by molar-refractivity contribution is 5.90. The fraction of sp³-hybridized carbons (Fsp3) is 0.343. The third kappa shape index (κ3) is 16.1. The van der Waals surface area contributed by atoms with Crippen LogP contribution in [0.1, 0.15) is 48.5 Å². The molecule has 10 rings (SSSR count). The van der Waals surface area contributed by atoms with E-state index in [4.69, 9.17) is 71.1 Å². The van der Waals surface area contributed by atoms with E-state index in [0.29, 0.717) is 16.9 Å². The topological polar surface area (TPSA) is 173 Å². The van der Waals surface area contributed by atoms with Crippen molar-refractivity contribution in [2.24, 2.45) is 0 Å². The molecule has 0 bridgehead atoms. The van der Waals surface area contributed by atoms with Crippen LogP contribution in [-0.4, -0.2) is 127 Å². The Morgan fingerprint density at radius 2 is 0.702 bits per heavy atom. The fourth-order valence-electron chi connectivity index (χ4n) is 10.1. The van der Waals surface area contributed by atoms with Crippen LogP contribution in [0, 0.1) is 0 Å². The Hall–Kier alpha value is -7.36. The summed E-state index contributed by atoms with van der Waals surface area (Å²) in [5, 5.41) is 0. The Labute approximate surface area is 489 Å². The summed E-state index contributed by atoms with van der Waals surface area (Å²) in [6, 6.07) is 61.4. The van der Waals surface area contributed by atoms with Gasteiger partial charge in [-0.3, -0.25) is 0 Å². The quantitative estimate of drug-likeness (QED) is 0.0405. The van der Waals surface area contributed by atoms with Crippen molar-refractivity contribution < 1.29 is 80.6 Å². The van der Waals surface area contributed by atoms with Crippen molar-refractivity contribution in [3.63, 3.8) is 0 Å². The summed E-state index contributed by atoms with van der Waals surface area (Å²) in [4.78, 5) is 28.3. The number of carbonyl (C=O) groups excluding carboxylic acids is 2. The summed E-state index contributed by atoms with van der Waals surface area (Å²) in [6.45, 7) is 0.760. The van der Waals surface area contributed by atoms with E-state index in [1.165, 1.54) is 7.11 Å². The first kappa shape index (κ1) is 59.8. The van der Waals surface area contributed by atoms with Gasteiger partial charge in [0.1, 0.15) is 54.2 Å². The van der Waals surface area contributed by atoms with E-state index in [0.717, 1.165) is 33.6 Å². The number of ether oxygens (including phenoxy) is 15. The third-order valence-electron chi connectivity index (χ3n) is 14.5. The van der Waals surface area contributed by atoms with Crippen LogP contribution in [0.5, 0.6) is 11.5 Å². The molecule has 0 unspecified atom stereocenters. The number of methoxy groups -OCH3 is 3. The van der Waals surface area contributed by atoms with Gasteiger partial charge in [-0.15, -0.1) is 0 Å². The standard InChI is InChI=1S/C67H70O17/c1-70-52-33-29-48(30-34-52)37-73-42-54-57(75-39-45-19-9-4-10-20-45)61(82-63(68)50-25-15-7-16-26-50)66(80-54)78-44-56-59(60(65(72-3)79-56)77-41-47-23-13-6-14-24-47)84-67-62(83-64(69)51-27-17-8-18-28-51)58(76-40-46-21-11-5-12-22-46)55(81-67)43-74-38-49-31-35-53(71-2)36-32-49/h4-36,54-62,65-67H,37-44H2,1-3H3/t54-,55-,56-,57-,58-,59-,60+,61+,62+,65+,66+,67-/m1/s1. The zero-order valence-electron chi connectivity index (χ0n) is 47.1. The molecule has 17 heteroatoms. The summed E-state index contributed by atoms with van der Waals surface area (Å²) in [5.74, 6) is 0.196. The van der Waals surface area contributed by atoms with E-state index in [2.05, 4.69) is 0 Å². The first-order valence-electron chi connectivity index (χ1n) is 28.0. The molecule has 3 saturated heterocycles. The molecular formula is C67H70O17. The molecule has 0 aliphatic carbocycles. The molecule has 0 radical (unpaired) electrons. The number of hydrogen-bond donors (Lipinski definition) is 0. The second-order valence-electron chi connectivity index (χ2n) is 20.3. The SMILES string of the molecule is COc1ccc(COC[C@H]2O[C@H](OC[C@H]3O[C@H](OC)[C@@H](OCc4ccccc4)[C@@H]3O[C@H]3O[C@H](COCc4ccc(OC)cc4)[C@@H](OCc4ccccc4)[C@@H]3OC(=O)c3ccccc3)[C@@H](OC(=O)c3ccccc3)[C@@H]2OCc2ccccc2)cc1. The molecule has 84 heavy (non-hydrogen) atoms. The van der Waals surface area contributed by atoms with Crippen molar-refractivity contribution in [2.45, 2.75) is 107 Å². The maximum Gasteiger partial charge on any atom is 0.338 e. The fourth-order valence-corrected chi connectivity index (χ4v) is 10.1. The van der Waals surface area contributed by atoms with Crippen molar-refractivity contribution >= 4 is 11.9 Å². The van der Waals surface area contributed by atoms with Crippen LogP contribution >= 0.6 is 0 Å². The molecule has 0 saturated carbocycles. The minimum atomic E-state index is -1.30. The molecule has 3 fully saturated rings. The molecule has 7 aromatic rings. The average molecular weight is 1150 g/mol. The van der Waals surface area contributed by atoms with Crippen LogP contribution < -0.4 is 9.47 Å². The Kier molecular flexibility index (Phi) is 21.7. The molecule has 0 aromatic heterocycles. The Balaban J connectivity index is 0.954. The van der Waals surface area contributed by atoms with Gasteiger partial charge in [-0.05, 0) is 76.3 Å². The minimum absolute atomic E-state index is 0.0215. The van der Waals surface area contributed by atoms with Crippen molar-refractivity contribution in [1.29, 1.82) is 0 Å². The van der Waals surface area contributed by atoms with Gasteiger partial charge in [-0.25, -0.2) is 9.59 Å². The maximum atomic E-state index is 14.2. The lowest BCUT2D eigenvalue weighted by Crippen LogP contribution is -2.47. The van der Waals surface area contributed by atoms with Gasteiger partial charge in [-0.2, -0.15) is 0 Å². The third-order valence-corrected chi connectivity index (χ3v) is 14.5. The van der Waals surface area contributed by atoms with Crippen molar-refractivity contribution in [3.05, 3.63) is 239 Å². The highest BCUT2D eigenvalue weighted by Gasteiger charge is 2.56. The molecule has 17 nitrogen and oxygen atoms in total. The monoisotopic (exact) mass is 1150 g/mol. The van der Waals surface area contributed by atoms with Gasteiger partial charge in [0.25, 0.3) is 0 Å². The second-order valence-corrected chi connectivity index (χ2v) is 20.3. The first-order chi connectivity index (χ1) is 41.3. The molecule has 3 aliphatic heterocycles. The lowest BCUT2D eigenvalue weighted by Gasteiger charge is -2.30. The van der Waals surface area contributed by atoms with E-state index >= 15 is 0 Å². The number of esters is 2. The average Bonchev–Trinajstić information content (AvgIpc) is 4.05. The van der Waals surface area contributed by atoms with E-state index < -0.39 is 85.7 Å². The predicted octanol–water partition coefficient (Wildman–Crippen LogP) is 9.87. The predicted molar refractivity (Wildman–Crippen MR) is 305 cm³/mol. The zero-order valence-corrected chi connectivity index (χ0v) is 47.1. The minimum Gasteiger partial charge on any atom is -0.497 e. The molecule has 0 amide bonds. The summed E-state index contributed by atoms with van der Waals surface area (Å²) >= 11 is 0. The molecule has 440 valence electrons. The van der Waals surface area contributed by atoms with Crippen LogP contribution in [0.4, 0.5) is 0 Å². The molecule has 7 aromatic carbocycles.